The van der Waals surface area contributed by atoms with Crippen molar-refractivity contribution in [3.63, 3.8) is 0 Å². The normalized spacial score (nSPS) is 14.6. The average molecular weight is 125 g/mol. The zero-order valence-corrected chi connectivity index (χ0v) is 6.73. The lowest BCUT2D eigenvalue weighted by atomic mass is 9.83. The molecule has 0 aliphatic carbocycles. The quantitative estimate of drug-likeness (QED) is 0.500. The zero-order chi connectivity index (χ0) is 7.49. The zero-order valence-electron chi connectivity index (χ0n) is 6.73. The van der Waals surface area contributed by atoms with Crippen molar-refractivity contribution in [2.45, 2.75) is 40.2 Å². The van der Waals surface area contributed by atoms with E-state index in [1.807, 2.05) is 6.92 Å². The fourth-order valence-corrected chi connectivity index (χ4v) is 0.470. The molecule has 0 aliphatic rings. The molecule has 9 heavy (non-hydrogen) atoms. The summed E-state index contributed by atoms with van der Waals surface area (Å²) < 4.78 is 0. The van der Waals surface area contributed by atoms with Crippen LogP contribution in [0.2, 0.25) is 0 Å². The van der Waals surface area contributed by atoms with Crippen molar-refractivity contribution in [1.29, 1.82) is 0 Å². The van der Waals surface area contributed by atoms with Crippen molar-refractivity contribution in [2.24, 2.45) is 5.41 Å². The van der Waals surface area contributed by atoms with Crippen LogP contribution in [0.15, 0.2) is 0 Å². The second-order valence-electron chi connectivity index (χ2n) is 3.15. The van der Waals surface area contributed by atoms with Gasteiger partial charge in [-0.3, -0.25) is 0 Å². The van der Waals surface area contributed by atoms with Gasteiger partial charge in [0.05, 0.1) is 0 Å². The molecule has 0 heterocycles. The molecule has 52 valence electrons. The Morgan fingerprint density at radius 3 is 2.11 bits per heavy atom. The van der Waals surface area contributed by atoms with E-state index >= 15 is 0 Å². The summed E-state index contributed by atoms with van der Waals surface area (Å²) in [5.74, 6) is 0. The first-order valence-electron chi connectivity index (χ1n) is 3.41. The molecule has 0 N–H and O–H groups in total. The maximum absolute atomic E-state index is 6.79. The lowest BCUT2D eigenvalue weighted by Crippen LogP contribution is -2.22. The number of nitrogens with zero attached hydrogens (tertiary/aromatic N) is 1. The predicted molar refractivity (Wildman–Crippen MR) is 40.1 cm³/mol. The molecule has 0 saturated carbocycles. The maximum Gasteiger partial charge on any atom is 0.225 e. The van der Waals surface area contributed by atoms with Gasteiger partial charge in [0.1, 0.15) is 0 Å². The molecule has 0 aromatic carbocycles. The van der Waals surface area contributed by atoms with E-state index in [0.717, 1.165) is 6.42 Å². The van der Waals surface area contributed by atoms with Gasteiger partial charge < -0.3 is 4.85 Å². The monoisotopic (exact) mass is 125 g/mol. The van der Waals surface area contributed by atoms with Gasteiger partial charge in [-0.1, -0.05) is 20.8 Å². The molecule has 1 unspecified atom stereocenters. The molecule has 1 atom stereocenters. The van der Waals surface area contributed by atoms with Crippen molar-refractivity contribution in [2.75, 3.05) is 0 Å². The van der Waals surface area contributed by atoms with Gasteiger partial charge in [0.25, 0.3) is 0 Å². The molecule has 0 aromatic heterocycles. The largest absolute Gasteiger partial charge is 0.313 e. The molecule has 0 bridgehead atoms. The van der Waals surface area contributed by atoms with Gasteiger partial charge >= 0.3 is 0 Å². The van der Waals surface area contributed by atoms with Gasteiger partial charge in [-0.15, -0.1) is 0 Å². The highest BCUT2D eigenvalue weighted by atomic mass is 14.7. The Labute approximate surface area is 57.9 Å². The van der Waals surface area contributed by atoms with Crippen LogP contribution in [0.1, 0.15) is 34.1 Å². The summed E-state index contributed by atoms with van der Waals surface area (Å²) in [6.45, 7) is 15.2. The van der Waals surface area contributed by atoms with E-state index in [4.69, 9.17) is 6.57 Å². The van der Waals surface area contributed by atoms with Crippen LogP contribution >= 0.6 is 0 Å². The van der Waals surface area contributed by atoms with Crippen LogP contribution in [-0.2, 0) is 0 Å². The summed E-state index contributed by atoms with van der Waals surface area (Å²) in [5.41, 5.74) is 0.196. The summed E-state index contributed by atoms with van der Waals surface area (Å²) in [7, 11) is 0. The highest BCUT2D eigenvalue weighted by Gasteiger charge is 2.27. The molecule has 0 spiro atoms. The van der Waals surface area contributed by atoms with Gasteiger partial charge in [0.15, 0.2) is 0 Å². The maximum atomic E-state index is 6.79. The van der Waals surface area contributed by atoms with Gasteiger partial charge in [-0.25, -0.2) is 6.57 Å². The Kier molecular flexibility index (Phi) is 2.70. The number of hydrogen-bond donors (Lipinski definition) is 0. The minimum atomic E-state index is 0.155. The highest BCUT2D eigenvalue weighted by Crippen LogP contribution is 2.26. The van der Waals surface area contributed by atoms with Gasteiger partial charge in [0, 0.05) is 12.3 Å². The lowest BCUT2D eigenvalue weighted by molar-refractivity contribution is 0.320. The molecule has 0 amide bonds. The first kappa shape index (κ1) is 8.49. The molecule has 0 saturated heterocycles. The first-order chi connectivity index (χ1) is 4.04. The molecule has 1 nitrogen and oxygen atoms in total. The summed E-state index contributed by atoms with van der Waals surface area (Å²) in [4.78, 5) is 3.48. The lowest BCUT2D eigenvalue weighted by Gasteiger charge is -2.20. The summed E-state index contributed by atoms with van der Waals surface area (Å²) in [6.07, 6.45) is 1.08. The standard InChI is InChI=1S/C8H15N/c1-6-8(3,4)7(2)9-5/h7H,6H2,1-4H3. The molecular formula is C8H15N. The topological polar surface area (TPSA) is 4.36 Å². The van der Waals surface area contributed by atoms with Crippen molar-refractivity contribution in [3.8, 4) is 0 Å². The van der Waals surface area contributed by atoms with E-state index in [2.05, 4.69) is 25.6 Å². The summed E-state index contributed by atoms with van der Waals surface area (Å²) in [5, 5.41) is 0. The highest BCUT2D eigenvalue weighted by molar-refractivity contribution is 4.87. The Morgan fingerprint density at radius 2 is 2.00 bits per heavy atom. The SMILES string of the molecule is [C-]#[N+]C(C)C(C)(C)CC. The van der Waals surface area contributed by atoms with Crippen molar-refractivity contribution >= 4 is 0 Å². The summed E-state index contributed by atoms with van der Waals surface area (Å²) >= 11 is 0. The van der Waals surface area contributed by atoms with Gasteiger partial charge in [0.2, 0.25) is 6.04 Å². The van der Waals surface area contributed by atoms with E-state index in [1.54, 1.807) is 0 Å². The van der Waals surface area contributed by atoms with Crippen LogP contribution < -0.4 is 0 Å². The molecule has 0 radical (unpaired) electrons. The van der Waals surface area contributed by atoms with Crippen LogP contribution in [0, 0.1) is 12.0 Å². The molecule has 0 aliphatic heterocycles. The third kappa shape index (κ3) is 2.05. The predicted octanol–water partition coefficient (Wildman–Crippen LogP) is 2.73. The third-order valence-electron chi connectivity index (χ3n) is 2.24. The Balaban J connectivity index is 4.01. The molecular weight excluding hydrogens is 110 g/mol. The minimum Gasteiger partial charge on any atom is -0.313 e. The van der Waals surface area contributed by atoms with Crippen molar-refractivity contribution in [1.82, 2.24) is 0 Å². The van der Waals surface area contributed by atoms with Crippen LogP contribution in [0.25, 0.3) is 4.85 Å². The Hall–Kier alpha value is -0.510. The van der Waals surface area contributed by atoms with E-state index < -0.39 is 0 Å². The van der Waals surface area contributed by atoms with Gasteiger partial charge in [-0.2, -0.15) is 0 Å². The summed E-state index contributed by atoms with van der Waals surface area (Å²) in [6, 6.07) is 0.155. The van der Waals surface area contributed by atoms with Crippen LogP contribution in [0.3, 0.4) is 0 Å². The molecule has 0 aromatic rings. The van der Waals surface area contributed by atoms with Crippen LogP contribution in [0.5, 0.6) is 0 Å². The number of hydrogen-bond acceptors (Lipinski definition) is 0. The van der Waals surface area contributed by atoms with Crippen molar-refractivity contribution < 1.29 is 0 Å². The Bertz CT molecular complexity index is 119. The molecule has 0 rings (SSSR count). The second kappa shape index (κ2) is 2.87. The smallest absolute Gasteiger partial charge is 0.225 e. The van der Waals surface area contributed by atoms with E-state index in [1.165, 1.54) is 0 Å². The number of rotatable bonds is 2. The van der Waals surface area contributed by atoms with E-state index in [0.29, 0.717) is 0 Å². The van der Waals surface area contributed by atoms with Crippen molar-refractivity contribution in [3.05, 3.63) is 11.4 Å². The van der Waals surface area contributed by atoms with E-state index in [-0.39, 0.29) is 11.5 Å². The average Bonchev–Trinajstić information content (AvgIpc) is 1.86. The van der Waals surface area contributed by atoms with E-state index in [9.17, 15) is 0 Å². The van der Waals surface area contributed by atoms with Crippen LogP contribution in [-0.4, -0.2) is 6.04 Å². The minimum absolute atomic E-state index is 0.155. The molecule has 1 heteroatoms. The Morgan fingerprint density at radius 1 is 1.56 bits per heavy atom. The molecule has 0 fully saturated rings. The fourth-order valence-electron chi connectivity index (χ4n) is 0.470. The third-order valence-corrected chi connectivity index (χ3v) is 2.24. The first-order valence-corrected chi connectivity index (χ1v) is 3.41. The second-order valence-corrected chi connectivity index (χ2v) is 3.15. The van der Waals surface area contributed by atoms with Crippen LogP contribution in [0.4, 0.5) is 0 Å². The fraction of sp³-hybridized carbons (Fsp3) is 0.875. The van der Waals surface area contributed by atoms with Gasteiger partial charge in [-0.05, 0) is 6.42 Å².